The molecule has 0 saturated carbocycles. The van der Waals surface area contributed by atoms with E-state index in [9.17, 15) is 24.3 Å². The zero-order valence-electron chi connectivity index (χ0n) is 25.0. The van der Waals surface area contributed by atoms with Crippen molar-refractivity contribution < 1.29 is 52.7 Å². The molecule has 1 rings (SSSR count). The fourth-order valence-electron chi connectivity index (χ4n) is 3.41. The molecule has 3 atom stereocenters. The lowest BCUT2D eigenvalue weighted by atomic mass is 9.87. The standard InChI is InChI=1S/C29H45NO11/c1-17(2)10-12-36-27(33)40-23-9-8-21(15-24(23)41-28(34)37-13-11-18(3)4)22(25(30)26(31)32)14-20(7)39-29(35)38-16-19(5)6/h8-9,15,17-20,22,25H,10-14,16,30H2,1-7H3,(H,31,32)/t20?,22?,25-/m0/s1. The van der Waals surface area contributed by atoms with Crippen LogP contribution in [0.15, 0.2) is 18.2 Å². The number of nitrogens with two attached hydrogens (primary N) is 1. The molecule has 1 aromatic carbocycles. The van der Waals surface area contributed by atoms with Gasteiger partial charge in [0.25, 0.3) is 0 Å². The first-order valence-electron chi connectivity index (χ1n) is 13.8. The minimum absolute atomic E-state index is 0.0000320. The molecule has 0 fully saturated rings. The number of benzene rings is 1. The molecule has 0 aliphatic carbocycles. The number of carboxylic acids is 1. The molecule has 3 N–H and O–H groups in total. The van der Waals surface area contributed by atoms with Crippen molar-refractivity contribution in [3.63, 3.8) is 0 Å². The Balaban J connectivity index is 3.23. The van der Waals surface area contributed by atoms with Crippen LogP contribution in [0.3, 0.4) is 0 Å². The number of rotatable bonds is 16. The summed E-state index contributed by atoms with van der Waals surface area (Å²) in [5, 5.41) is 9.66. The summed E-state index contributed by atoms with van der Waals surface area (Å²) in [6.07, 6.45) is -2.47. The van der Waals surface area contributed by atoms with E-state index >= 15 is 0 Å². The highest BCUT2D eigenvalue weighted by molar-refractivity contribution is 5.75. The Morgan fingerprint density at radius 2 is 1.29 bits per heavy atom. The Labute approximate surface area is 241 Å². The Kier molecular flexibility index (Phi) is 15.6. The third-order valence-corrected chi connectivity index (χ3v) is 5.75. The van der Waals surface area contributed by atoms with Crippen molar-refractivity contribution in [2.75, 3.05) is 19.8 Å². The van der Waals surface area contributed by atoms with Crippen LogP contribution in [0.25, 0.3) is 0 Å². The maximum atomic E-state index is 12.4. The molecule has 1 aromatic rings. The normalized spacial score (nSPS) is 13.3. The SMILES string of the molecule is CC(C)CCOC(=O)Oc1ccc(C(CC(C)OC(=O)OCC(C)C)[C@H](N)C(=O)O)cc1OC(=O)OCCC(C)C. The van der Waals surface area contributed by atoms with Crippen molar-refractivity contribution in [2.24, 2.45) is 23.5 Å². The number of carbonyl (C=O) groups is 4. The molecule has 0 bridgehead atoms. The van der Waals surface area contributed by atoms with Crippen molar-refractivity contribution in [2.45, 2.75) is 85.8 Å². The molecular weight excluding hydrogens is 538 g/mol. The van der Waals surface area contributed by atoms with Crippen LogP contribution in [-0.4, -0.2) is 61.5 Å². The monoisotopic (exact) mass is 583 g/mol. The van der Waals surface area contributed by atoms with E-state index in [1.807, 2.05) is 41.5 Å². The summed E-state index contributed by atoms with van der Waals surface area (Å²) >= 11 is 0. The molecule has 0 radical (unpaired) electrons. The van der Waals surface area contributed by atoms with E-state index in [4.69, 9.17) is 34.2 Å². The molecule has 12 heteroatoms. The van der Waals surface area contributed by atoms with Crippen LogP contribution in [-0.2, 0) is 23.7 Å². The predicted molar refractivity (Wildman–Crippen MR) is 149 cm³/mol. The molecule has 232 valence electrons. The second-order valence-electron chi connectivity index (χ2n) is 11.1. The van der Waals surface area contributed by atoms with Gasteiger partial charge in [0.15, 0.2) is 11.5 Å². The van der Waals surface area contributed by atoms with Crippen LogP contribution >= 0.6 is 0 Å². The average Bonchev–Trinajstić information content (AvgIpc) is 2.86. The van der Waals surface area contributed by atoms with E-state index in [1.165, 1.54) is 18.2 Å². The first-order valence-corrected chi connectivity index (χ1v) is 13.8. The van der Waals surface area contributed by atoms with Crippen molar-refractivity contribution in [3.05, 3.63) is 23.8 Å². The second kappa shape index (κ2) is 18.0. The summed E-state index contributed by atoms with van der Waals surface area (Å²) in [5.41, 5.74) is 6.33. The summed E-state index contributed by atoms with van der Waals surface area (Å²) in [5.74, 6) is -1.84. The molecule has 0 aliphatic heterocycles. The van der Waals surface area contributed by atoms with Gasteiger partial charge in [-0.2, -0.15) is 0 Å². The van der Waals surface area contributed by atoms with Gasteiger partial charge in [-0.3, -0.25) is 4.79 Å². The van der Waals surface area contributed by atoms with E-state index in [2.05, 4.69) is 0 Å². The Hall–Kier alpha value is -3.54. The predicted octanol–water partition coefficient (Wildman–Crippen LogP) is 5.89. The van der Waals surface area contributed by atoms with Crippen LogP contribution in [0.4, 0.5) is 14.4 Å². The quantitative estimate of drug-likeness (QED) is 0.134. The smallest absolute Gasteiger partial charge is 0.480 e. The maximum absolute atomic E-state index is 12.4. The van der Waals surface area contributed by atoms with Gasteiger partial charge in [0.05, 0.1) is 19.8 Å². The van der Waals surface area contributed by atoms with Crippen LogP contribution < -0.4 is 15.2 Å². The molecule has 12 nitrogen and oxygen atoms in total. The Morgan fingerprint density at radius 1 is 0.756 bits per heavy atom. The minimum atomic E-state index is -1.41. The van der Waals surface area contributed by atoms with E-state index in [0.29, 0.717) is 24.3 Å². The average molecular weight is 584 g/mol. The fraction of sp³-hybridized carbons (Fsp3) is 0.655. The topological polar surface area (TPSA) is 170 Å². The highest BCUT2D eigenvalue weighted by Crippen LogP contribution is 2.35. The zero-order chi connectivity index (χ0) is 31.1. The van der Waals surface area contributed by atoms with Gasteiger partial charge in [0, 0.05) is 5.92 Å². The molecular formula is C29H45NO11. The summed E-state index contributed by atoms with van der Waals surface area (Å²) < 4.78 is 31.1. The summed E-state index contributed by atoms with van der Waals surface area (Å²) in [6, 6.07) is 2.73. The number of carbonyl (C=O) groups excluding carboxylic acids is 3. The summed E-state index contributed by atoms with van der Waals surface area (Å²) in [4.78, 5) is 48.5. The fourth-order valence-corrected chi connectivity index (χ4v) is 3.41. The molecule has 0 heterocycles. The Bertz CT molecular complexity index is 993. The lowest BCUT2D eigenvalue weighted by molar-refractivity contribution is -0.139. The van der Waals surface area contributed by atoms with Crippen molar-refractivity contribution in [1.82, 2.24) is 0 Å². The number of hydrogen-bond acceptors (Lipinski definition) is 11. The van der Waals surface area contributed by atoms with Crippen LogP contribution in [0.5, 0.6) is 11.5 Å². The molecule has 0 aromatic heterocycles. The number of carboxylic acid groups (broad SMARTS) is 1. The van der Waals surface area contributed by atoms with E-state index in [1.54, 1.807) is 6.92 Å². The van der Waals surface area contributed by atoms with Gasteiger partial charge in [-0.15, -0.1) is 0 Å². The third kappa shape index (κ3) is 14.6. The lowest BCUT2D eigenvalue weighted by Crippen LogP contribution is -2.38. The molecule has 0 amide bonds. The van der Waals surface area contributed by atoms with Gasteiger partial charge >= 0.3 is 24.4 Å². The molecule has 0 saturated heterocycles. The first kappa shape index (κ1) is 35.5. The molecule has 2 unspecified atom stereocenters. The number of ether oxygens (including phenoxy) is 6. The number of hydrogen-bond donors (Lipinski definition) is 2. The van der Waals surface area contributed by atoms with Gasteiger partial charge in [-0.1, -0.05) is 47.6 Å². The number of aliphatic carboxylic acids is 1. The minimum Gasteiger partial charge on any atom is -0.480 e. The van der Waals surface area contributed by atoms with Crippen LogP contribution in [0.1, 0.15) is 79.2 Å². The molecule has 41 heavy (non-hydrogen) atoms. The maximum Gasteiger partial charge on any atom is 0.513 e. The van der Waals surface area contributed by atoms with Gasteiger partial charge in [-0.05, 0) is 61.6 Å². The van der Waals surface area contributed by atoms with Gasteiger partial charge < -0.3 is 39.3 Å². The van der Waals surface area contributed by atoms with Gasteiger partial charge in [0.2, 0.25) is 0 Å². The first-order chi connectivity index (χ1) is 19.2. The van der Waals surface area contributed by atoms with E-state index in [0.717, 1.165) is 0 Å². The van der Waals surface area contributed by atoms with Gasteiger partial charge in [-0.25, -0.2) is 14.4 Å². The summed E-state index contributed by atoms with van der Waals surface area (Å²) in [7, 11) is 0. The lowest BCUT2D eigenvalue weighted by Gasteiger charge is -2.25. The van der Waals surface area contributed by atoms with Crippen LogP contribution in [0.2, 0.25) is 0 Å². The van der Waals surface area contributed by atoms with E-state index < -0.39 is 42.5 Å². The zero-order valence-corrected chi connectivity index (χ0v) is 25.0. The second-order valence-corrected chi connectivity index (χ2v) is 11.1. The molecule has 0 spiro atoms. The van der Waals surface area contributed by atoms with Crippen molar-refractivity contribution >= 4 is 24.4 Å². The third-order valence-electron chi connectivity index (χ3n) is 5.75. The highest BCUT2D eigenvalue weighted by Gasteiger charge is 2.30. The largest absolute Gasteiger partial charge is 0.513 e. The van der Waals surface area contributed by atoms with Crippen molar-refractivity contribution in [3.8, 4) is 11.5 Å². The summed E-state index contributed by atoms with van der Waals surface area (Å²) in [6.45, 7) is 13.6. The van der Waals surface area contributed by atoms with Gasteiger partial charge in [0.1, 0.15) is 12.1 Å². The van der Waals surface area contributed by atoms with Crippen LogP contribution in [0, 0.1) is 17.8 Å². The Morgan fingerprint density at radius 3 is 1.78 bits per heavy atom. The molecule has 0 aliphatic rings. The van der Waals surface area contributed by atoms with E-state index in [-0.39, 0.29) is 49.6 Å². The highest BCUT2D eigenvalue weighted by atomic mass is 16.7. The van der Waals surface area contributed by atoms with Crippen molar-refractivity contribution in [1.29, 1.82) is 0 Å².